The van der Waals surface area contributed by atoms with E-state index in [9.17, 15) is 4.79 Å². The van der Waals surface area contributed by atoms with Crippen LogP contribution in [0.1, 0.15) is 26.7 Å². The standard InChI is InChI=1S/C14H19BrN2O/c1-14(2)13(18)17(10-6-5-9-16-14)12-8-4-3-7-11(12)15/h3-4,7-8,16H,5-6,9-10H2,1-2H3. The molecule has 0 radical (unpaired) electrons. The minimum atomic E-state index is -0.504. The summed E-state index contributed by atoms with van der Waals surface area (Å²) in [5, 5.41) is 3.32. The van der Waals surface area contributed by atoms with Crippen LogP contribution in [0.3, 0.4) is 0 Å². The average molecular weight is 311 g/mol. The molecule has 0 bridgehead atoms. The highest BCUT2D eigenvalue weighted by Crippen LogP contribution is 2.28. The van der Waals surface area contributed by atoms with Gasteiger partial charge in [0.2, 0.25) is 5.91 Å². The molecule has 1 aliphatic heterocycles. The molecular weight excluding hydrogens is 292 g/mol. The van der Waals surface area contributed by atoms with Crippen LogP contribution in [-0.4, -0.2) is 24.5 Å². The van der Waals surface area contributed by atoms with Gasteiger partial charge in [-0.15, -0.1) is 0 Å². The number of halogens is 1. The molecule has 1 saturated heterocycles. The smallest absolute Gasteiger partial charge is 0.246 e. The van der Waals surface area contributed by atoms with Crippen molar-refractivity contribution in [3.05, 3.63) is 28.7 Å². The molecule has 18 heavy (non-hydrogen) atoms. The third kappa shape index (κ3) is 2.75. The van der Waals surface area contributed by atoms with Crippen LogP contribution in [0.4, 0.5) is 5.69 Å². The summed E-state index contributed by atoms with van der Waals surface area (Å²) in [4.78, 5) is 14.5. The molecule has 0 aromatic heterocycles. The Labute approximate surface area is 117 Å². The number of carbonyl (C=O) groups excluding carboxylic acids is 1. The van der Waals surface area contributed by atoms with Crippen molar-refractivity contribution in [3.63, 3.8) is 0 Å². The van der Waals surface area contributed by atoms with Gasteiger partial charge in [-0.1, -0.05) is 12.1 Å². The Morgan fingerprint density at radius 1 is 1.28 bits per heavy atom. The molecule has 1 aromatic carbocycles. The lowest BCUT2D eigenvalue weighted by atomic mass is 10.0. The predicted molar refractivity (Wildman–Crippen MR) is 77.8 cm³/mol. The lowest BCUT2D eigenvalue weighted by Gasteiger charge is -2.35. The summed E-state index contributed by atoms with van der Waals surface area (Å²) < 4.78 is 0.967. The van der Waals surface area contributed by atoms with Gasteiger partial charge in [0.25, 0.3) is 0 Å². The molecular formula is C14H19BrN2O. The van der Waals surface area contributed by atoms with Crippen LogP contribution < -0.4 is 10.2 Å². The number of hydrogen-bond acceptors (Lipinski definition) is 2. The van der Waals surface area contributed by atoms with Crippen molar-refractivity contribution in [2.24, 2.45) is 0 Å². The Morgan fingerprint density at radius 2 is 2.00 bits per heavy atom. The van der Waals surface area contributed by atoms with E-state index in [4.69, 9.17) is 0 Å². The van der Waals surface area contributed by atoms with Crippen molar-refractivity contribution < 1.29 is 4.79 Å². The normalized spacial score (nSPS) is 20.4. The van der Waals surface area contributed by atoms with Crippen LogP contribution in [0.15, 0.2) is 28.7 Å². The molecule has 3 nitrogen and oxygen atoms in total. The van der Waals surface area contributed by atoms with Crippen LogP contribution in [0.5, 0.6) is 0 Å². The van der Waals surface area contributed by atoms with Crippen LogP contribution in [-0.2, 0) is 4.79 Å². The number of nitrogens with one attached hydrogen (secondary N) is 1. The first-order chi connectivity index (χ1) is 8.52. The maximum Gasteiger partial charge on any atom is 0.246 e. The zero-order valence-corrected chi connectivity index (χ0v) is 12.5. The van der Waals surface area contributed by atoms with Gasteiger partial charge < -0.3 is 10.2 Å². The zero-order valence-electron chi connectivity index (χ0n) is 10.9. The Balaban J connectivity index is 2.34. The summed E-state index contributed by atoms with van der Waals surface area (Å²) in [6.45, 7) is 5.59. The molecule has 0 spiro atoms. The highest BCUT2D eigenvalue weighted by Gasteiger charge is 2.33. The van der Waals surface area contributed by atoms with Gasteiger partial charge in [-0.25, -0.2) is 0 Å². The van der Waals surface area contributed by atoms with Gasteiger partial charge in [0.05, 0.1) is 11.2 Å². The van der Waals surface area contributed by atoms with Crippen molar-refractivity contribution in [1.82, 2.24) is 5.32 Å². The summed E-state index contributed by atoms with van der Waals surface area (Å²) in [5.74, 6) is 0.133. The van der Waals surface area contributed by atoms with E-state index in [0.29, 0.717) is 0 Å². The van der Waals surface area contributed by atoms with Gasteiger partial charge in [-0.3, -0.25) is 4.79 Å². The van der Waals surface area contributed by atoms with E-state index in [0.717, 1.165) is 36.1 Å². The molecule has 1 aromatic rings. The third-order valence-corrected chi connectivity index (χ3v) is 3.97. The van der Waals surface area contributed by atoms with Crippen molar-refractivity contribution in [3.8, 4) is 0 Å². The highest BCUT2D eigenvalue weighted by molar-refractivity contribution is 9.10. The topological polar surface area (TPSA) is 32.3 Å². The number of hydrogen-bond donors (Lipinski definition) is 1. The largest absolute Gasteiger partial charge is 0.310 e. The molecule has 1 fully saturated rings. The molecule has 1 aliphatic rings. The quantitative estimate of drug-likeness (QED) is 0.865. The molecule has 1 N–H and O–H groups in total. The zero-order chi connectivity index (χ0) is 13.2. The minimum Gasteiger partial charge on any atom is -0.310 e. The Kier molecular flexibility index (Phi) is 4.07. The minimum absolute atomic E-state index is 0.133. The lowest BCUT2D eigenvalue weighted by Crippen LogP contribution is -2.56. The van der Waals surface area contributed by atoms with Gasteiger partial charge >= 0.3 is 0 Å². The van der Waals surface area contributed by atoms with E-state index < -0.39 is 5.54 Å². The maximum atomic E-state index is 12.6. The molecule has 0 saturated carbocycles. The van der Waals surface area contributed by atoms with E-state index in [-0.39, 0.29) is 5.91 Å². The maximum absolute atomic E-state index is 12.6. The van der Waals surface area contributed by atoms with Gasteiger partial charge in [0, 0.05) is 11.0 Å². The predicted octanol–water partition coefficient (Wildman–Crippen LogP) is 2.94. The second-order valence-corrected chi connectivity index (χ2v) is 6.02. The highest BCUT2D eigenvalue weighted by atomic mass is 79.9. The number of amides is 1. The average Bonchev–Trinajstić information content (AvgIpc) is 2.33. The summed E-state index contributed by atoms with van der Waals surface area (Å²) in [7, 11) is 0. The fourth-order valence-corrected chi connectivity index (χ4v) is 2.71. The SMILES string of the molecule is CC1(C)NCCCCN(c2ccccc2Br)C1=O. The summed E-state index contributed by atoms with van der Waals surface area (Å²) in [5.41, 5.74) is 0.453. The van der Waals surface area contributed by atoms with Crippen LogP contribution in [0.25, 0.3) is 0 Å². The molecule has 2 rings (SSSR count). The molecule has 4 heteroatoms. The fraction of sp³-hybridized carbons (Fsp3) is 0.500. The van der Waals surface area contributed by atoms with Crippen molar-refractivity contribution in [1.29, 1.82) is 0 Å². The van der Waals surface area contributed by atoms with Gasteiger partial charge in [-0.05, 0) is 61.3 Å². The Hall–Kier alpha value is -0.870. The first-order valence-electron chi connectivity index (χ1n) is 6.34. The van der Waals surface area contributed by atoms with Crippen molar-refractivity contribution in [2.75, 3.05) is 18.0 Å². The van der Waals surface area contributed by atoms with Crippen LogP contribution in [0.2, 0.25) is 0 Å². The van der Waals surface area contributed by atoms with E-state index >= 15 is 0 Å². The Bertz CT molecular complexity index is 445. The van der Waals surface area contributed by atoms with E-state index in [2.05, 4.69) is 21.2 Å². The van der Waals surface area contributed by atoms with Gasteiger partial charge in [-0.2, -0.15) is 0 Å². The molecule has 1 amide bonds. The number of carbonyl (C=O) groups is 1. The summed E-state index contributed by atoms with van der Waals surface area (Å²) in [6, 6.07) is 7.89. The number of rotatable bonds is 1. The molecule has 0 unspecified atom stereocenters. The van der Waals surface area contributed by atoms with E-state index in [1.54, 1.807) is 0 Å². The first-order valence-corrected chi connectivity index (χ1v) is 7.13. The molecule has 0 atom stereocenters. The number of benzene rings is 1. The van der Waals surface area contributed by atoms with Crippen LogP contribution >= 0.6 is 15.9 Å². The third-order valence-electron chi connectivity index (χ3n) is 3.30. The lowest BCUT2D eigenvalue weighted by molar-refractivity contribution is -0.124. The molecule has 0 aliphatic carbocycles. The Morgan fingerprint density at radius 3 is 2.72 bits per heavy atom. The number of para-hydroxylation sites is 1. The van der Waals surface area contributed by atoms with E-state index in [1.807, 2.05) is 43.0 Å². The van der Waals surface area contributed by atoms with Crippen molar-refractivity contribution >= 4 is 27.5 Å². The van der Waals surface area contributed by atoms with Gasteiger partial charge in [0.15, 0.2) is 0 Å². The van der Waals surface area contributed by atoms with Crippen molar-refractivity contribution in [2.45, 2.75) is 32.2 Å². The van der Waals surface area contributed by atoms with E-state index in [1.165, 1.54) is 0 Å². The molecule has 98 valence electrons. The number of nitrogens with zero attached hydrogens (tertiary/aromatic N) is 1. The number of anilines is 1. The first kappa shape index (κ1) is 13.6. The van der Waals surface area contributed by atoms with Crippen LogP contribution in [0, 0.1) is 0 Å². The molecule has 1 heterocycles. The second kappa shape index (κ2) is 5.41. The van der Waals surface area contributed by atoms with Gasteiger partial charge in [0.1, 0.15) is 0 Å². The summed E-state index contributed by atoms with van der Waals surface area (Å²) in [6.07, 6.45) is 2.12. The fourth-order valence-electron chi connectivity index (χ4n) is 2.21. The monoisotopic (exact) mass is 310 g/mol. The second-order valence-electron chi connectivity index (χ2n) is 5.17. The summed E-state index contributed by atoms with van der Waals surface area (Å²) >= 11 is 3.53.